The molecule has 104 valence electrons. The summed E-state index contributed by atoms with van der Waals surface area (Å²) in [7, 11) is 1.41. The Labute approximate surface area is 126 Å². The van der Waals surface area contributed by atoms with E-state index in [1.165, 1.54) is 20.0 Å². The summed E-state index contributed by atoms with van der Waals surface area (Å²) in [6, 6.07) is 5.34. The van der Waals surface area contributed by atoms with Crippen molar-refractivity contribution in [2.24, 2.45) is 0 Å². The molecular weight excluding hydrogens is 330 g/mol. The van der Waals surface area contributed by atoms with E-state index in [-0.39, 0.29) is 5.97 Å². The Morgan fingerprint density at radius 1 is 1.47 bits per heavy atom. The van der Waals surface area contributed by atoms with Crippen LogP contribution in [-0.2, 0) is 9.53 Å². The quantitative estimate of drug-likeness (QED) is 0.842. The molecular formula is C14H17BrClNO2. The minimum atomic E-state index is -0.471. The van der Waals surface area contributed by atoms with E-state index < -0.39 is 6.04 Å². The zero-order chi connectivity index (χ0) is 13.8. The van der Waals surface area contributed by atoms with Gasteiger partial charge in [0.2, 0.25) is 0 Å². The second-order valence-corrected chi connectivity index (χ2v) is 6.06. The lowest BCUT2D eigenvalue weighted by Gasteiger charge is -2.22. The van der Waals surface area contributed by atoms with Gasteiger partial charge in [0.1, 0.15) is 6.04 Å². The SMILES string of the molecule is COC(=O)C(NC1CCCC1)c1cc(Cl)ccc1Br. The van der Waals surface area contributed by atoms with E-state index in [9.17, 15) is 4.79 Å². The number of hydrogen-bond donors (Lipinski definition) is 1. The molecule has 1 aliphatic rings. The van der Waals surface area contributed by atoms with Gasteiger partial charge in [0.05, 0.1) is 7.11 Å². The van der Waals surface area contributed by atoms with Crippen molar-refractivity contribution in [3.05, 3.63) is 33.3 Å². The third kappa shape index (κ3) is 3.71. The minimum Gasteiger partial charge on any atom is -0.468 e. The van der Waals surface area contributed by atoms with Crippen LogP contribution < -0.4 is 5.32 Å². The predicted molar refractivity (Wildman–Crippen MR) is 79.3 cm³/mol. The highest BCUT2D eigenvalue weighted by Crippen LogP contribution is 2.29. The molecule has 0 spiro atoms. The Hall–Kier alpha value is -0.580. The van der Waals surface area contributed by atoms with E-state index in [4.69, 9.17) is 16.3 Å². The van der Waals surface area contributed by atoms with Gasteiger partial charge >= 0.3 is 5.97 Å². The number of carbonyl (C=O) groups excluding carboxylic acids is 1. The standard InChI is InChI=1S/C14H17BrClNO2/c1-19-14(18)13(17-10-4-2-3-5-10)11-8-9(16)6-7-12(11)15/h6-8,10,13,17H,2-5H2,1H3. The van der Waals surface area contributed by atoms with E-state index in [1.54, 1.807) is 12.1 Å². The average molecular weight is 347 g/mol. The number of nitrogens with one attached hydrogen (secondary N) is 1. The first kappa shape index (κ1) is 14.8. The molecule has 0 aromatic heterocycles. The first-order chi connectivity index (χ1) is 9.11. The van der Waals surface area contributed by atoms with Gasteiger partial charge in [-0.1, -0.05) is 40.4 Å². The zero-order valence-electron chi connectivity index (χ0n) is 10.8. The maximum atomic E-state index is 12.0. The first-order valence-corrected chi connectivity index (χ1v) is 7.57. The van der Waals surface area contributed by atoms with Gasteiger partial charge < -0.3 is 4.74 Å². The van der Waals surface area contributed by atoms with Crippen molar-refractivity contribution < 1.29 is 9.53 Å². The lowest BCUT2D eigenvalue weighted by Crippen LogP contribution is -2.36. The normalized spacial score (nSPS) is 17.4. The summed E-state index contributed by atoms with van der Waals surface area (Å²) in [6.07, 6.45) is 4.63. The summed E-state index contributed by atoms with van der Waals surface area (Å²) in [5, 5.41) is 4.00. The fourth-order valence-corrected chi connectivity index (χ4v) is 3.12. The Balaban J connectivity index is 2.25. The van der Waals surface area contributed by atoms with Crippen molar-refractivity contribution >= 4 is 33.5 Å². The van der Waals surface area contributed by atoms with Gasteiger partial charge in [-0.15, -0.1) is 0 Å². The van der Waals surface area contributed by atoms with Crippen molar-refractivity contribution in [3.8, 4) is 0 Å². The largest absolute Gasteiger partial charge is 0.468 e. The number of benzene rings is 1. The molecule has 2 rings (SSSR count). The predicted octanol–water partition coefficient (Wildman–Crippen LogP) is 3.85. The maximum absolute atomic E-state index is 12.0. The molecule has 1 unspecified atom stereocenters. The van der Waals surface area contributed by atoms with Gasteiger partial charge in [-0.25, -0.2) is 4.79 Å². The van der Waals surface area contributed by atoms with Crippen LogP contribution in [0.2, 0.25) is 5.02 Å². The molecule has 1 aliphatic carbocycles. The number of carbonyl (C=O) groups is 1. The summed E-state index contributed by atoms with van der Waals surface area (Å²) in [5.74, 6) is -0.283. The Morgan fingerprint density at radius 2 is 2.16 bits per heavy atom. The van der Waals surface area contributed by atoms with Crippen molar-refractivity contribution in [1.82, 2.24) is 5.32 Å². The van der Waals surface area contributed by atoms with Crippen LogP contribution in [0.3, 0.4) is 0 Å². The van der Waals surface area contributed by atoms with Crippen molar-refractivity contribution in [2.75, 3.05) is 7.11 Å². The van der Waals surface area contributed by atoms with E-state index in [1.807, 2.05) is 6.07 Å². The molecule has 1 fully saturated rings. The molecule has 1 saturated carbocycles. The van der Waals surface area contributed by atoms with Crippen LogP contribution in [0.1, 0.15) is 37.3 Å². The van der Waals surface area contributed by atoms with Gasteiger partial charge in [-0.3, -0.25) is 5.32 Å². The summed E-state index contributed by atoms with van der Waals surface area (Å²) >= 11 is 9.50. The van der Waals surface area contributed by atoms with Crippen LogP contribution >= 0.6 is 27.5 Å². The van der Waals surface area contributed by atoms with Crippen LogP contribution in [-0.4, -0.2) is 19.1 Å². The Morgan fingerprint density at radius 3 is 2.79 bits per heavy atom. The molecule has 5 heteroatoms. The van der Waals surface area contributed by atoms with Gasteiger partial charge in [0.15, 0.2) is 0 Å². The van der Waals surface area contributed by atoms with Crippen molar-refractivity contribution in [3.63, 3.8) is 0 Å². The summed E-state index contributed by atoms with van der Waals surface area (Å²) in [5.41, 5.74) is 0.825. The fourth-order valence-electron chi connectivity index (χ4n) is 2.47. The summed E-state index contributed by atoms with van der Waals surface area (Å²) in [4.78, 5) is 12.0. The molecule has 0 amide bonds. The Kier molecular flexibility index (Phi) is 5.25. The smallest absolute Gasteiger partial charge is 0.327 e. The number of rotatable bonds is 4. The van der Waals surface area contributed by atoms with Gasteiger partial charge in [-0.05, 0) is 36.6 Å². The fraction of sp³-hybridized carbons (Fsp3) is 0.500. The highest BCUT2D eigenvalue weighted by Gasteiger charge is 2.27. The molecule has 0 saturated heterocycles. The number of hydrogen-bond acceptors (Lipinski definition) is 3. The van der Waals surface area contributed by atoms with Gasteiger partial charge in [0, 0.05) is 15.5 Å². The highest BCUT2D eigenvalue weighted by molar-refractivity contribution is 9.10. The monoisotopic (exact) mass is 345 g/mol. The first-order valence-electron chi connectivity index (χ1n) is 6.40. The van der Waals surface area contributed by atoms with Crippen molar-refractivity contribution in [2.45, 2.75) is 37.8 Å². The molecule has 3 nitrogen and oxygen atoms in total. The van der Waals surface area contributed by atoms with Gasteiger partial charge in [-0.2, -0.15) is 0 Å². The van der Waals surface area contributed by atoms with Crippen LogP contribution in [0.15, 0.2) is 22.7 Å². The number of methoxy groups -OCH3 is 1. The highest BCUT2D eigenvalue weighted by atomic mass is 79.9. The summed E-state index contributed by atoms with van der Waals surface area (Å²) < 4.78 is 5.77. The second kappa shape index (κ2) is 6.73. The molecule has 0 bridgehead atoms. The van der Waals surface area contributed by atoms with Crippen LogP contribution in [0.25, 0.3) is 0 Å². The number of halogens is 2. The van der Waals surface area contributed by atoms with Crippen LogP contribution in [0.5, 0.6) is 0 Å². The van der Waals surface area contributed by atoms with Crippen LogP contribution in [0.4, 0.5) is 0 Å². The second-order valence-electron chi connectivity index (χ2n) is 4.77. The lowest BCUT2D eigenvalue weighted by atomic mass is 10.1. The Bertz CT molecular complexity index is 461. The average Bonchev–Trinajstić information content (AvgIpc) is 2.91. The molecule has 19 heavy (non-hydrogen) atoms. The molecule has 0 aliphatic heterocycles. The third-order valence-corrected chi connectivity index (χ3v) is 4.42. The minimum absolute atomic E-state index is 0.283. The molecule has 1 aromatic rings. The maximum Gasteiger partial charge on any atom is 0.327 e. The van der Waals surface area contributed by atoms with Crippen LogP contribution in [0, 0.1) is 0 Å². The molecule has 1 N–H and O–H groups in total. The topological polar surface area (TPSA) is 38.3 Å². The summed E-state index contributed by atoms with van der Waals surface area (Å²) in [6.45, 7) is 0. The zero-order valence-corrected chi connectivity index (χ0v) is 13.1. The number of esters is 1. The van der Waals surface area contributed by atoms with Crippen molar-refractivity contribution in [1.29, 1.82) is 0 Å². The number of ether oxygens (including phenoxy) is 1. The molecule has 0 heterocycles. The van der Waals surface area contributed by atoms with E-state index in [2.05, 4.69) is 21.2 Å². The third-order valence-electron chi connectivity index (χ3n) is 3.46. The lowest BCUT2D eigenvalue weighted by molar-refractivity contribution is -0.143. The van der Waals surface area contributed by atoms with E-state index >= 15 is 0 Å². The molecule has 0 radical (unpaired) electrons. The van der Waals surface area contributed by atoms with E-state index in [0.717, 1.165) is 22.9 Å². The van der Waals surface area contributed by atoms with E-state index in [0.29, 0.717) is 11.1 Å². The molecule has 1 atom stereocenters. The van der Waals surface area contributed by atoms with Gasteiger partial charge in [0.25, 0.3) is 0 Å². The molecule has 1 aromatic carbocycles.